The van der Waals surface area contributed by atoms with E-state index in [-0.39, 0.29) is 13.2 Å². The van der Waals surface area contributed by atoms with Crippen LogP contribution in [0.3, 0.4) is 0 Å². The van der Waals surface area contributed by atoms with E-state index in [4.69, 9.17) is 0 Å². The number of hydrogen-bond donors (Lipinski definition) is 0. The van der Waals surface area contributed by atoms with Crippen LogP contribution in [-0.2, 0) is 22.7 Å². The summed E-state index contributed by atoms with van der Waals surface area (Å²) in [7, 11) is 0. The number of hydrogen-bond acceptors (Lipinski definition) is 2. The minimum absolute atomic E-state index is 0.250. The van der Waals surface area contributed by atoms with Gasteiger partial charge < -0.3 is 9.53 Å². The molecule has 0 saturated carbocycles. The molecule has 0 unspecified atom stereocenters. The first-order valence-corrected chi connectivity index (χ1v) is 16.2. The van der Waals surface area contributed by atoms with E-state index in [2.05, 4.69) is 32.0 Å². The Morgan fingerprint density at radius 1 is 1.67 bits per heavy atom. The Kier molecular flexibility index (Phi) is 23.0. The standard InChI is InChI=1S/C4H7O2.2BrH.Zn/c1-2-6-4-3-5;;;/h3-4H,2H2,1H3;2*1H;/q;;;+2/p-2. The number of carbonyl (C=O) groups is 1. The number of carbonyl (C=O) groups excluding carboxylic acids is 1. The van der Waals surface area contributed by atoms with E-state index in [1.165, 1.54) is 0 Å². The first kappa shape index (κ1) is 12.9. The Labute approximate surface area is 76.0 Å². The fraction of sp³-hybridized carbons (Fsp3) is 0.500. The van der Waals surface area contributed by atoms with Gasteiger partial charge in [-0.2, -0.15) is 0 Å². The second-order valence-electron chi connectivity index (χ2n) is 0.829. The maximum atomic E-state index is 9.38. The summed E-state index contributed by atoms with van der Waals surface area (Å²) in [5.41, 5.74) is 0. The Hall–Kier alpha value is 1.21. The summed E-state index contributed by atoms with van der Waals surface area (Å²) in [6, 6.07) is 0. The van der Waals surface area contributed by atoms with Crippen molar-refractivity contribution in [2.75, 3.05) is 6.61 Å². The van der Waals surface area contributed by atoms with Crippen LogP contribution in [0.1, 0.15) is 6.92 Å². The molecule has 0 atom stereocenters. The van der Waals surface area contributed by atoms with Crippen LogP contribution in [0.2, 0.25) is 0 Å². The fourth-order valence-corrected chi connectivity index (χ4v) is 0.136. The third kappa shape index (κ3) is 27.0. The molecule has 0 fully saturated rings. The molecule has 0 spiro atoms. The molecular formula is C4H7Br2O2Zn. The SMILES string of the molecule is CCO[CH]C=O.[Br][Zn][Br]. The van der Waals surface area contributed by atoms with Crippen molar-refractivity contribution >= 4 is 33.5 Å². The average Bonchev–Trinajstić information content (AvgIpc) is 1.86. The quantitative estimate of drug-likeness (QED) is 0.453. The van der Waals surface area contributed by atoms with Gasteiger partial charge in [0.25, 0.3) is 0 Å². The zero-order chi connectivity index (χ0) is 7.54. The van der Waals surface area contributed by atoms with Gasteiger partial charge in [0.1, 0.15) is 6.61 Å². The molecule has 0 aromatic rings. The molecule has 0 aromatic carbocycles. The molecule has 2 nitrogen and oxygen atoms in total. The zero-order valence-corrected chi connectivity index (χ0v) is 11.3. The second kappa shape index (κ2) is 16.1. The summed E-state index contributed by atoms with van der Waals surface area (Å²) in [6.07, 6.45) is 0.615. The normalized spacial score (nSPS) is 6.56. The second-order valence-corrected chi connectivity index (χ2v) is 14.9. The first-order chi connectivity index (χ1) is 4.33. The molecule has 0 heterocycles. The molecule has 0 saturated heterocycles. The van der Waals surface area contributed by atoms with Gasteiger partial charge in [0.2, 0.25) is 0 Å². The first-order valence-electron chi connectivity index (χ1n) is 2.34. The molecule has 9 heavy (non-hydrogen) atoms. The van der Waals surface area contributed by atoms with Crippen LogP contribution < -0.4 is 0 Å². The van der Waals surface area contributed by atoms with E-state index in [1.54, 1.807) is 0 Å². The number of aldehydes is 1. The van der Waals surface area contributed by atoms with Crippen LogP contribution in [0, 0.1) is 6.61 Å². The van der Waals surface area contributed by atoms with Gasteiger partial charge in [-0.1, -0.05) is 0 Å². The van der Waals surface area contributed by atoms with Crippen LogP contribution in [-0.4, -0.2) is 12.9 Å². The van der Waals surface area contributed by atoms with Gasteiger partial charge in [0.05, 0.1) is 0 Å². The van der Waals surface area contributed by atoms with E-state index >= 15 is 0 Å². The van der Waals surface area contributed by atoms with Gasteiger partial charge in [-0.3, -0.25) is 0 Å². The molecular weight excluding hydrogens is 305 g/mol. The van der Waals surface area contributed by atoms with Gasteiger partial charge in [-0.05, 0) is 6.92 Å². The van der Waals surface area contributed by atoms with Gasteiger partial charge in [-0.15, -0.1) is 0 Å². The fourth-order valence-electron chi connectivity index (χ4n) is 0.136. The van der Waals surface area contributed by atoms with Crippen LogP contribution in [0.25, 0.3) is 0 Å². The molecule has 51 valence electrons. The third-order valence-electron chi connectivity index (χ3n) is 0.318. The van der Waals surface area contributed by atoms with Crippen LogP contribution in [0.5, 0.6) is 0 Å². The molecule has 0 aliphatic rings. The summed E-state index contributed by atoms with van der Waals surface area (Å²) in [5.74, 6) is 0. The van der Waals surface area contributed by atoms with E-state index in [9.17, 15) is 4.79 Å². The van der Waals surface area contributed by atoms with Crippen molar-refractivity contribution in [2.45, 2.75) is 6.92 Å². The summed E-state index contributed by atoms with van der Waals surface area (Å²) in [5, 5.41) is 0. The van der Waals surface area contributed by atoms with Gasteiger partial charge in [0, 0.05) is 6.61 Å². The monoisotopic (exact) mass is 309 g/mol. The van der Waals surface area contributed by atoms with Gasteiger partial charge in [-0.25, -0.2) is 0 Å². The van der Waals surface area contributed by atoms with E-state index in [0.29, 0.717) is 12.9 Å². The van der Waals surface area contributed by atoms with Crippen LogP contribution in [0.15, 0.2) is 0 Å². The van der Waals surface area contributed by atoms with Crippen molar-refractivity contribution in [1.29, 1.82) is 0 Å². The predicted octanol–water partition coefficient (Wildman–Crippen LogP) is 2.07. The predicted molar refractivity (Wildman–Crippen MR) is 39.8 cm³/mol. The summed E-state index contributed by atoms with van der Waals surface area (Å²) in [4.78, 5) is 9.38. The van der Waals surface area contributed by atoms with Crippen LogP contribution in [0.4, 0.5) is 0 Å². The Morgan fingerprint density at radius 3 is 2.22 bits per heavy atom. The Balaban J connectivity index is 0. The Morgan fingerprint density at radius 2 is 2.11 bits per heavy atom. The number of rotatable bonds is 3. The van der Waals surface area contributed by atoms with Crippen molar-refractivity contribution in [3.8, 4) is 0 Å². The summed E-state index contributed by atoms with van der Waals surface area (Å²) < 4.78 is 4.49. The van der Waals surface area contributed by atoms with Crippen molar-refractivity contribution in [3.05, 3.63) is 6.61 Å². The maximum absolute atomic E-state index is 9.38. The molecule has 5 heteroatoms. The minimum atomic E-state index is -0.250. The van der Waals surface area contributed by atoms with Crippen molar-refractivity contribution < 1.29 is 22.7 Å². The zero-order valence-electron chi connectivity index (χ0n) is 5.14. The molecule has 0 N–H and O–H groups in total. The van der Waals surface area contributed by atoms with E-state index in [0.717, 1.165) is 6.61 Å². The molecule has 0 aliphatic heterocycles. The molecule has 0 rings (SSSR count). The molecule has 0 amide bonds. The van der Waals surface area contributed by atoms with Crippen molar-refractivity contribution in [2.24, 2.45) is 0 Å². The van der Waals surface area contributed by atoms with E-state index < -0.39 is 0 Å². The third-order valence-corrected chi connectivity index (χ3v) is 0.318. The van der Waals surface area contributed by atoms with Gasteiger partial charge >= 0.3 is 40.5 Å². The molecule has 1 radical (unpaired) electrons. The van der Waals surface area contributed by atoms with Crippen molar-refractivity contribution in [3.63, 3.8) is 0 Å². The summed E-state index contributed by atoms with van der Waals surface area (Å²) in [6.45, 7) is 3.51. The number of ether oxygens (including phenoxy) is 1. The molecule has 0 bridgehead atoms. The van der Waals surface area contributed by atoms with Crippen LogP contribution >= 0.6 is 27.2 Å². The molecule has 0 aromatic heterocycles. The van der Waals surface area contributed by atoms with E-state index in [1.807, 2.05) is 6.92 Å². The Bertz CT molecular complexity index is 53.8. The number of halogens is 2. The topological polar surface area (TPSA) is 26.3 Å². The van der Waals surface area contributed by atoms with Crippen molar-refractivity contribution in [1.82, 2.24) is 0 Å². The molecule has 0 aliphatic carbocycles. The average molecular weight is 312 g/mol. The summed E-state index contributed by atoms with van der Waals surface area (Å²) >= 11 is 6.25. The van der Waals surface area contributed by atoms with Gasteiger partial charge in [0.15, 0.2) is 6.29 Å².